The number of rotatable bonds is 1. The van der Waals surface area contributed by atoms with Crippen LogP contribution in [0.15, 0.2) is 23.3 Å². The molecule has 122 valence electrons. The summed E-state index contributed by atoms with van der Waals surface area (Å²) in [5.41, 5.74) is 2.75. The second-order valence-corrected chi connectivity index (χ2v) is 6.18. The highest BCUT2D eigenvalue weighted by molar-refractivity contribution is 6.13. The molecule has 0 radical (unpaired) electrons. The van der Waals surface area contributed by atoms with Crippen molar-refractivity contribution in [3.63, 3.8) is 0 Å². The highest BCUT2D eigenvalue weighted by atomic mass is 16.5. The van der Waals surface area contributed by atoms with E-state index in [1.54, 1.807) is 17.9 Å². The van der Waals surface area contributed by atoms with Gasteiger partial charge in [0.1, 0.15) is 22.2 Å². The summed E-state index contributed by atoms with van der Waals surface area (Å²) < 4.78 is 8.95. The van der Waals surface area contributed by atoms with Crippen molar-refractivity contribution in [2.45, 2.75) is 18.9 Å². The van der Waals surface area contributed by atoms with Crippen molar-refractivity contribution in [1.82, 2.24) is 29.5 Å². The SMILES string of the molecule is Cn1ncc2c3nnc4cc[nH]c(c43)n(C3CCOCC3)c(=O)c21. The van der Waals surface area contributed by atoms with E-state index in [1.807, 2.05) is 16.8 Å². The van der Waals surface area contributed by atoms with Gasteiger partial charge < -0.3 is 9.72 Å². The maximum atomic E-state index is 13.4. The Kier molecular flexibility index (Phi) is 2.78. The minimum absolute atomic E-state index is 0.0568. The number of nitrogens with zero attached hydrogens (tertiary/aromatic N) is 5. The second kappa shape index (κ2) is 4.88. The molecule has 24 heavy (non-hydrogen) atoms. The molecule has 0 atom stereocenters. The minimum atomic E-state index is -0.0568. The summed E-state index contributed by atoms with van der Waals surface area (Å²) in [5.74, 6) is 0. The van der Waals surface area contributed by atoms with Crippen LogP contribution in [0.2, 0.25) is 0 Å². The molecule has 8 heteroatoms. The van der Waals surface area contributed by atoms with Crippen LogP contribution in [0.5, 0.6) is 0 Å². The van der Waals surface area contributed by atoms with Gasteiger partial charge in [0.2, 0.25) is 0 Å². The Morgan fingerprint density at radius 2 is 2.12 bits per heavy atom. The normalized spacial score (nSPS) is 16.5. The van der Waals surface area contributed by atoms with Crippen molar-refractivity contribution in [1.29, 1.82) is 0 Å². The third-order valence-electron chi connectivity index (χ3n) is 4.86. The Bertz CT molecular complexity index is 1130. The summed E-state index contributed by atoms with van der Waals surface area (Å²) in [4.78, 5) is 16.6. The maximum Gasteiger partial charge on any atom is 0.278 e. The lowest BCUT2D eigenvalue weighted by Gasteiger charge is -2.24. The monoisotopic (exact) mass is 324 g/mol. The third-order valence-corrected chi connectivity index (χ3v) is 4.86. The average Bonchev–Trinajstić information content (AvgIpc) is 3.17. The van der Waals surface area contributed by atoms with Gasteiger partial charge in [0.25, 0.3) is 5.56 Å². The molecule has 0 saturated carbocycles. The molecular formula is C16H16N6O2. The van der Waals surface area contributed by atoms with Crippen molar-refractivity contribution in [3.05, 3.63) is 28.8 Å². The summed E-state index contributed by atoms with van der Waals surface area (Å²) in [7, 11) is 1.78. The van der Waals surface area contributed by atoms with Crippen LogP contribution in [0.25, 0.3) is 33.0 Å². The fourth-order valence-corrected chi connectivity index (χ4v) is 3.70. The third kappa shape index (κ3) is 1.71. The molecule has 1 saturated heterocycles. The van der Waals surface area contributed by atoms with Crippen molar-refractivity contribution >= 4 is 33.0 Å². The molecule has 1 aliphatic heterocycles. The van der Waals surface area contributed by atoms with Crippen LogP contribution in [-0.2, 0) is 11.8 Å². The van der Waals surface area contributed by atoms with Crippen LogP contribution in [0.3, 0.4) is 0 Å². The summed E-state index contributed by atoms with van der Waals surface area (Å²) in [5, 5.41) is 14.5. The lowest BCUT2D eigenvalue weighted by Crippen LogP contribution is -2.29. The van der Waals surface area contributed by atoms with Gasteiger partial charge in [0.15, 0.2) is 0 Å². The van der Waals surface area contributed by atoms with Gasteiger partial charge in [-0.1, -0.05) is 0 Å². The van der Waals surface area contributed by atoms with Gasteiger partial charge in [0, 0.05) is 32.5 Å². The average molecular weight is 324 g/mol. The molecule has 5 heterocycles. The van der Waals surface area contributed by atoms with Crippen LogP contribution in [0.4, 0.5) is 0 Å². The van der Waals surface area contributed by atoms with E-state index in [0.29, 0.717) is 24.2 Å². The summed E-state index contributed by atoms with van der Waals surface area (Å²) >= 11 is 0. The van der Waals surface area contributed by atoms with E-state index < -0.39 is 0 Å². The molecule has 0 unspecified atom stereocenters. The molecule has 8 nitrogen and oxygen atoms in total. The fraction of sp³-hybridized carbons (Fsp3) is 0.375. The van der Waals surface area contributed by atoms with Crippen LogP contribution in [-0.4, -0.2) is 42.7 Å². The van der Waals surface area contributed by atoms with E-state index in [1.165, 1.54) is 0 Å². The van der Waals surface area contributed by atoms with Gasteiger partial charge in [-0.25, -0.2) is 0 Å². The predicted molar refractivity (Wildman–Crippen MR) is 89.0 cm³/mol. The highest BCUT2D eigenvalue weighted by Gasteiger charge is 2.23. The maximum absolute atomic E-state index is 13.4. The van der Waals surface area contributed by atoms with E-state index in [0.717, 1.165) is 34.8 Å². The number of hydrogen-bond acceptors (Lipinski definition) is 5. The number of aryl methyl sites for hydroxylation is 1. The van der Waals surface area contributed by atoms with Crippen molar-refractivity contribution in [2.24, 2.45) is 7.05 Å². The molecule has 4 aromatic heterocycles. The standard InChI is InChI=1S/C16H16N6O2/c1-21-14-10(8-18-21)13-12-11(19-20-13)2-5-17-15(12)22(16(14)23)9-3-6-24-7-4-9/h2,5,8-9,17H,3-4,6-7H2,1H3. The number of hydrogen-bond donors (Lipinski definition) is 1. The molecule has 0 aromatic carbocycles. The van der Waals surface area contributed by atoms with Gasteiger partial charge in [-0.15, -0.1) is 10.2 Å². The van der Waals surface area contributed by atoms with Crippen molar-refractivity contribution < 1.29 is 4.74 Å². The molecule has 0 spiro atoms. The van der Waals surface area contributed by atoms with E-state index in [4.69, 9.17) is 4.74 Å². The first-order chi connectivity index (χ1) is 11.8. The molecule has 4 aromatic rings. The van der Waals surface area contributed by atoms with Gasteiger partial charge in [0.05, 0.1) is 17.0 Å². The minimum Gasteiger partial charge on any atom is -0.381 e. The Hall–Kier alpha value is -2.74. The Morgan fingerprint density at radius 1 is 1.29 bits per heavy atom. The quantitative estimate of drug-likeness (QED) is 0.573. The van der Waals surface area contributed by atoms with Gasteiger partial charge >= 0.3 is 0 Å². The fourth-order valence-electron chi connectivity index (χ4n) is 3.70. The van der Waals surface area contributed by atoms with Gasteiger partial charge in [-0.05, 0) is 18.9 Å². The zero-order chi connectivity index (χ0) is 16.3. The zero-order valence-corrected chi connectivity index (χ0v) is 13.2. The first kappa shape index (κ1) is 13.7. The second-order valence-electron chi connectivity index (χ2n) is 6.18. The predicted octanol–water partition coefficient (Wildman–Crippen LogP) is 1.51. The van der Waals surface area contributed by atoms with Crippen molar-refractivity contribution in [2.75, 3.05) is 13.2 Å². The molecule has 1 fully saturated rings. The summed E-state index contributed by atoms with van der Waals surface area (Å²) in [6, 6.07) is 1.96. The number of pyridine rings is 1. The van der Waals surface area contributed by atoms with Crippen LogP contribution in [0.1, 0.15) is 18.9 Å². The number of aromatic nitrogens is 6. The van der Waals surface area contributed by atoms with Crippen LogP contribution in [0, 0.1) is 0 Å². The van der Waals surface area contributed by atoms with Crippen LogP contribution >= 0.6 is 0 Å². The largest absolute Gasteiger partial charge is 0.381 e. The first-order valence-corrected chi connectivity index (χ1v) is 8.03. The Morgan fingerprint density at radius 3 is 2.96 bits per heavy atom. The topological polar surface area (TPSA) is 90.6 Å². The Labute approximate surface area is 136 Å². The number of ether oxygens (including phenoxy) is 1. The zero-order valence-electron chi connectivity index (χ0n) is 13.2. The smallest absolute Gasteiger partial charge is 0.278 e. The number of fused-ring (bicyclic) bond motifs is 2. The molecule has 0 aliphatic carbocycles. The lowest BCUT2D eigenvalue weighted by atomic mass is 10.1. The van der Waals surface area contributed by atoms with E-state index in [9.17, 15) is 4.79 Å². The van der Waals surface area contributed by atoms with Gasteiger partial charge in [-0.2, -0.15) is 5.10 Å². The number of H-pyrrole nitrogens is 1. The van der Waals surface area contributed by atoms with E-state index in [-0.39, 0.29) is 11.6 Å². The number of aromatic amines is 1. The van der Waals surface area contributed by atoms with E-state index >= 15 is 0 Å². The summed E-state index contributed by atoms with van der Waals surface area (Å²) in [6.07, 6.45) is 5.12. The molecule has 0 amide bonds. The molecule has 5 rings (SSSR count). The highest BCUT2D eigenvalue weighted by Crippen LogP contribution is 2.30. The first-order valence-electron chi connectivity index (χ1n) is 8.03. The van der Waals surface area contributed by atoms with Gasteiger partial charge in [-0.3, -0.25) is 14.0 Å². The molecule has 1 aliphatic rings. The van der Waals surface area contributed by atoms with E-state index in [2.05, 4.69) is 20.3 Å². The summed E-state index contributed by atoms with van der Waals surface area (Å²) in [6.45, 7) is 1.32. The molecular weight excluding hydrogens is 308 g/mol. The van der Waals surface area contributed by atoms with Crippen LogP contribution < -0.4 is 5.56 Å². The molecule has 0 bridgehead atoms. The molecule has 1 N–H and O–H groups in total. The lowest BCUT2D eigenvalue weighted by molar-refractivity contribution is 0.0698. The Balaban J connectivity index is 2.05. The number of nitrogens with one attached hydrogen (secondary N) is 1. The van der Waals surface area contributed by atoms with Crippen molar-refractivity contribution in [3.8, 4) is 0 Å².